The molecule has 0 aromatic heterocycles. The Hall–Kier alpha value is -0.160. The van der Waals surface area contributed by atoms with Crippen molar-refractivity contribution in [3.8, 4) is 0 Å². The molecule has 0 aliphatic carbocycles. The summed E-state index contributed by atoms with van der Waals surface area (Å²) in [5.74, 6) is 0. The lowest BCUT2D eigenvalue weighted by Crippen LogP contribution is -2.56. The summed E-state index contributed by atoms with van der Waals surface area (Å²) >= 11 is 0. The lowest BCUT2D eigenvalue weighted by molar-refractivity contribution is -0.0478. The van der Waals surface area contributed by atoms with Gasteiger partial charge in [-0.25, -0.2) is 0 Å². The molecule has 2 heterocycles. The molecule has 0 radical (unpaired) electrons. The molecule has 88 valence electrons. The van der Waals surface area contributed by atoms with E-state index in [1.165, 1.54) is 12.8 Å². The summed E-state index contributed by atoms with van der Waals surface area (Å²) < 4.78 is 5.78. The number of aliphatic hydroxyl groups excluding tert-OH is 1. The molecule has 2 aliphatic rings. The number of morpholine rings is 1. The minimum atomic E-state index is -0.184. The highest BCUT2D eigenvalue weighted by atomic mass is 16.5. The maximum Gasteiger partial charge on any atom is 0.0707 e. The summed E-state index contributed by atoms with van der Waals surface area (Å²) in [5, 5.41) is 12.5. The number of aliphatic hydroxyl groups is 1. The van der Waals surface area contributed by atoms with Gasteiger partial charge in [-0.05, 0) is 26.8 Å². The SMILES string of the molecule is CNC(C)(CO)CN1CC2CCC(C1)O2. The lowest BCUT2D eigenvalue weighted by Gasteiger charge is -2.38. The maximum atomic E-state index is 9.34. The van der Waals surface area contributed by atoms with Gasteiger partial charge in [-0.15, -0.1) is 0 Å². The van der Waals surface area contributed by atoms with Crippen LogP contribution in [0.1, 0.15) is 19.8 Å². The van der Waals surface area contributed by atoms with Crippen LogP contribution in [-0.2, 0) is 4.74 Å². The number of ether oxygens (including phenoxy) is 1. The van der Waals surface area contributed by atoms with Crippen molar-refractivity contribution in [3.05, 3.63) is 0 Å². The second-order valence-electron chi connectivity index (χ2n) is 5.12. The number of likely N-dealkylation sites (tertiary alicyclic amines) is 1. The second-order valence-corrected chi connectivity index (χ2v) is 5.12. The van der Waals surface area contributed by atoms with Crippen LogP contribution < -0.4 is 5.32 Å². The Labute approximate surface area is 91.6 Å². The number of rotatable bonds is 4. The van der Waals surface area contributed by atoms with Gasteiger partial charge in [0.1, 0.15) is 0 Å². The third-order valence-electron chi connectivity index (χ3n) is 3.64. The number of nitrogens with zero attached hydrogens (tertiary/aromatic N) is 1. The van der Waals surface area contributed by atoms with Crippen LogP contribution in [0.25, 0.3) is 0 Å². The van der Waals surface area contributed by atoms with Crippen molar-refractivity contribution in [2.24, 2.45) is 0 Å². The number of nitrogens with one attached hydrogen (secondary N) is 1. The van der Waals surface area contributed by atoms with Gasteiger partial charge in [0.05, 0.1) is 24.4 Å². The van der Waals surface area contributed by atoms with Gasteiger partial charge >= 0.3 is 0 Å². The molecule has 2 fully saturated rings. The molecule has 4 heteroatoms. The van der Waals surface area contributed by atoms with Crippen LogP contribution in [0.2, 0.25) is 0 Å². The van der Waals surface area contributed by atoms with Crippen molar-refractivity contribution < 1.29 is 9.84 Å². The van der Waals surface area contributed by atoms with Crippen LogP contribution in [0.5, 0.6) is 0 Å². The fraction of sp³-hybridized carbons (Fsp3) is 1.00. The molecule has 0 amide bonds. The zero-order valence-electron chi connectivity index (χ0n) is 9.70. The third kappa shape index (κ3) is 2.50. The molecule has 2 saturated heterocycles. The van der Waals surface area contributed by atoms with E-state index in [9.17, 15) is 5.11 Å². The van der Waals surface area contributed by atoms with Crippen molar-refractivity contribution in [1.82, 2.24) is 10.2 Å². The summed E-state index contributed by atoms with van der Waals surface area (Å²) in [5.41, 5.74) is -0.184. The van der Waals surface area contributed by atoms with Gasteiger partial charge in [0, 0.05) is 19.6 Å². The fourth-order valence-electron chi connectivity index (χ4n) is 2.53. The van der Waals surface area contributed by atoms with Crippen molar-refractivity contribution in [1.29, 1.82) is 0 Å². The molecule has 3 unspecified atom stereocenters. The molecule has 0 saturated carbocycles. The zero-order valence-corrected chi connectivity index (χ0v) is 9.70. The van der Waals surface area contributed by atoms with E-state index in [4.69, 9.17) is 4.74 Å². The standard InChI is InChI=1S/C11H22N2O2/c1-11(8-14,12-2)7-13-5-9-3-4-10(6-13)15-9/h9-10,12,14H,3-8H2,1-2H3. The molecule has 2 rings (SSSR count). The first kappa shape index (κ1) is 11.3. The highest BCUT2D eigenvalue weighted by Crippen LogP contribution is 2.26. The van der Waals surface area contributed by atoms with E-state index in [-0.39, 0.29) is 12.1 Å². The monoisotopic (exact) mass is 214 g/mol. The number of likely N-dealkylation sites (N-methyl/N-ethyl adjacent to an activating group) is 1. The largest absolute Gasteiger partial charge is 0.394 e. The van der Waals surface area contributed by atoms with E-state index >= 15 is 0 Å². The summed E-state index contributed by atoms with van der Waals surface area (Å²) in [6.07, 6.45) is 3.28. The molecule has 0 aromatic rings. The Balaban J connectivity index is 1.89. The van der Waals surface area contributed by atoms with Gasteiger partial charge in [0.2, 0.25) is 0 Å². The minimum Gasteiger partial charge on any atom is -0.394 e. The van der Waals surface area contributed by atoms with E-state index in [1.807, 2.05) is 7.05 Å². The average molecular weight is 214 g/mol. The van der Waals surface area contributed by atoms with Crippen molar-refractivity contribution in [3.63, 3.8) is 0 Å². The maximum absolute atomic E-state index is 9.34. The third-order valence-corrected chi connectivity index (χ3v) is 3.64. The van der Waals surface area contributed by atoms with Gasteiger partial charge in [-0.3, -0.25) is 4.90 Å². The quantitative estimate of drug-likeness (QED) is 0.681. The summed E-state index contributed by atoms with van der Waals surface area (Å²) in [6, 6.07) is 0. The molecular formula is C11H22N2O2. The summed E-state index contributed by atoms with van der Waals surface area (Å²) in [6.45, 7) is 5.18. The van der Waals surface area contributed by atoms with Gasteiger partial charge < -0.3 is 15.2 Å². The first-order chi connectivity index (χ1) is 7.15. The van der Waals surface area contributed by atoms with Gasteiger partial charge in [-0.2, -0.15) is 0 Å². The van der Waals surface area contributed by atoms with Crippen molar-refractivity contribution >= 4 is 0 Å². The first-order valence-electron chi connectivity index (χ1n) is 5.83. The predicted octanol–water partition coefficient (Wildman–Crippen LogP) is -0.180. The van der Waals surface area contributed by atoms with E-state index in [0.29, 0.717) is 12.2 Å². The normalized spacial score (nSPS) is 35.4. The Morgan fingerprint density at radius 3 is 2.47 bits per heavy atom. The van der Waals surface area contributed by atoms with Crippen molar-refractivity contribution in [2.45, 2.75) is 37.5 Å². The fourth-order valence-corrected chi connectivity index (χ4v) is 2.53. The predicted molar refractivity (Wildman–Crippen MR) is 58.9 cm³/mol. The van der Waals surface area contributed by atoms with E-state index < -0.39 is 0 Å². The molecule has 15 heavy (non-hydrogen) atoms. The van der Waals surface area contributed by atoms with Gasteiger partial charge in [-0.1, -0.05) is 0 Å². The van der Waals surface area contributed by atoms with Gasteiger partial charge in [0.25, 0.3) is 0 Å². The molecular weight excluding hydrogens is 192 g/mol. The molecule has 2 aliphatic heterocycles. The van der Waals surface area contributed by atoms with Crippen LogP contribution in [0.15, 0.2) is 0 Å². The topological polar surface area (TPSA) is 44.7 Å². The lowest BCUT2D eigenvalue weighted by atomic mass is 10.0. The average Bonchev–Trinajstić information content (AvgIpc) is 2.58. The zero-order chi connectivity index (χ0) is 10.9. The van der Waals surface area contributed by atoms with Crippen molar-refractivity contribution in [2.75, 3.05) is 33.3 Å². The number of fused-ring (bicyclic) bond motifs is 2. The first-order valence-corrected chi connectivity index (χ1v) is 5.83. The molecule has 2 N–H and O–H groups in total. The van der Waals surface area contributed by atoms with E-state index in [1.54, 1.807) is 0 Å². The van der Waals surface area contributed by atoms with E-state index in [0.717, 1.165) is 19.6 Å². The summed E-state index contributed by atoms with van der Waals surface area (Å²) in [4.78, 5) is 2.42. The Kier molecular flexibility index (Phi) is 3.30. The highest BCUT2D eigenvalue weighted by molar-refractivity contribution is 4.91. The Bertz CT molecular complexity index is 207. The minimum absolute atomic E-state index is 0.177. The molecule has 3 atom stereocenters. The van der Waals surface area contributed by atoms with Gasteiger partial charge in [0.15, 0.2) is 0 Å². The molecule has 4 nitrogen and oxygen atoms in total. The molecule has 0 spiro atoms. The summed E-state index contributed by atoms with van der Waals surface area (Å²) in [7, 11) is 1.91. The van der Waals surface area contributed by atoms with Crippen LogP contribution in [0, 0.1) is 0 Å². The second kappa shape index (κ2) is 4.37. The number of hydrogen-bond acceptors (Lipinski definition) is 4. The highest BCUT2D eigenvalue weighted by Gasteiger charge is 2.36. The van der Waals surface area contributed by atoms with Crippen LogP contribution in [0.3, 0.4) is 0 Å². The van der Waals surface area contributed by atoms with Crippen LogP contribution >= 0.6 is 0 Å². The van der Waals surface area contributed by atoms with Crippen LogP contribution in [0.4, 0.5) is 0 Å². The van der Waals surface area contributed by atoms with E-state index in [2.05, 4.69) is 17.1 Å². The molecule has 2 bridgehead atoms. The smallest absolute Gasteiger partial charge is 0.0707 e. The Morgan fingerprint density at radius 2 is 2.00 bits per heavy atom. The number of hydrogen-bond donors (Lipinski definition) is 2. The molecule has 0 aromatic carbocycles. The Morgan fingerprint density at radius 1 is 1.40 bits per heavy atom. The van der Waals surface area contributed by atoms with Crippen LogP contribution in [-0.4, -0.2) is 61.0 Å².